The second-order valence-electron chi connectivity index (χ2n) is 5.98. The highest BCUT2D eigenvalue weighted by atomic mass is 79.9. The van der Waals surface area contributed by atoms with Gasteiger partial charge < -0.3 is 14.4 Å². The summed E-state index contributed by atoms with van der Waals surface area (Å²) in [6, 6.07) is 13.3. The third-order valence-electron chi connectivity index (χ3n) is 4.01. The summed E-state index contributed by atoms with van der Waals surface area (Å²) in [5.74, 6) is -0.722. The Bertz CT molecular complexity index is 828. The first kappa shape index (κ1) is 19.0. The molecule has 9 heteroatoms. The van der Waals surface area contributed by atoms with Gasteiger partial charge in [-0.05, 0) is 43.2 Å². The minimum Gasteiger partial charge on any atom is -0.368 e. The van der Waals surface area contributed by atoms with Crippen molar-refractivity contribution in [2.45, 2.75) is 25.2 Å². The molecule has 1 aliphatic heterocycles. The Kier molecular flexibility index (Phi) is 5.77. The number of hydrogen-bond donors (Lipinski definition) is 1. The topological polar surface area (TPSA) is 90.7 Å². The maximum absolute atomic E-state index is 13.4. The summed E-state index contributed by atoms with van der Waals surface area (Å²) in [5.41, 5.74) is 1.31. The lowest BCUT2D eigenvalue weighted by Crippen LogP contribution is -2.23. The largest absolute Gasteiger partial charge is 0.368 e. The number of benzene rings is 2. The van der Waals surface area contributed by atoms with Crippen molar-refractivity contribution in [3.05, 3.63) is 68.7 Å². The van der Waals surface area contributed by atoms with Gasteiger partial charge in [0.05, 0.1) is 17.6 Å². The van der Waals surface area contributed by atoms with E-state index in [0.29, 0.717) is 18.7 Å². The fourth-order valence-corrected chi connectivity index (χ4v) is 5.05. The first-order valence-corrected chi connectivity index (χ1v) is 10.5. The molecule has 2 aromatic rings. The molecule has 3 rings (SSSR count). The van der Waals surface area contributed by atoms with Crippen molar-refractivity contribution in [1.29, 1.82) is 0 Å². The molecule has 0 unspecified atom stereocenters. The maximum Gasteiger partial charge on any atom is 0.357 e. The van der Waals surface area contributed by atoms with Crippen molar-refractivity contribution in [2.75, 3.05) is 11.9 Å². The van der Waals surface area contributed by atoms with E-state index in [0.717, 1.165) is 10.0 Å². The van der Waals surface area contributed by atoms with Crippen LogP contribution >= 0.6 is 23.5 Å². The zero-order valence-corrected chi connectivity index (χ0v) is 16.5. The van der Waals surface area contributed by atoms with Gasteiger partial charge in [-0.25, -0.2) is 0 Å². The number of hydrogen-bond acceptors (Lipinski definition) is 6. The first-order valence-electron chi connectivity index (χ1n) is 8.06. The van der Waals surface area contributed by atoms with Crippen molar-refractivity contribution < 1.29 is 18.5 Å². The highest BCUT2D eigenvalue weighted by Gasteiger charge is 2.41. The Labute approximate surface area is 159 Å². The third kappa shape index (κ3) is 4.32. The fourth-order valence-electron chi connectivity index (χ4n) is 2.64. The van der Waals surface area contributed by atoms with Crippen LogP contribution in [0.3, 0.4) is 0 Å². The van der Waals surface area contributed by atoms with Gasteiger partial charge in [0.2, 0.25) is 0 Å². The fraction of sp³-hybridized carbons (Fsp3) is 0.294. The molecule has 1 heterocycles. The lowest BCUT2D eigenvalue weighted by atomic mass is 10.2. The Balaban J connectivity index is 1.93. The van der Waals surface area contributed by atoms with E-state index < -0.39 is 18.3 Å². The minimum absolute atomic E-state index is 0.0128. The van der Waals surface area contributed by atoms with Gasteiger partial charge in [-0.2, -0.15) is 0 Å². The molecule has 1 fully saturated rings. The predicted octanol–water partition coefficient (Wildman–Crippen LogP) is 5.49. The highest BCUT2D eigenvalue weighted by molar-refractivity contribution is 9.10. The van der Waals surface area contributed by atoms with Crippen molar-refractivity contribution in [2.24, 2.45) is 0 Å². The van der Waals surface area contributed by atoms with Gasteiger partial charge in [-0.3, -0.25) is 14.7 Å². The number of rotatable bonds is 5. The van der Waals surface area contributed by atoms with E-state index in [2.05, 4.69) is 21.2 Å². The molecular weight excluding hydrogens is 423 g/mol. The summed E-state index contributed by atoms with van der Waals surface area (Å²) in [6.45, 7) is 2.22. The molecule has 0 aliphatic carbocycles. The second-order valence-corrected chi connectivity index (χ2v) is 8.96. The molecule has 0 bridgehead atoms. The predicted molar refractivity (Wildman–Crippen MR) is 102 cm³/mol. The second kappa shape index (κ2) is 7.88. The normalized spacial score (nSPS) is 24.0. The number of halogens is 1. The number of nitro groups is 1. The summed E-state index contributed by atoms with van der Waals surface area (Å²) < 4.78 is 25.6. The molecular formula is C17H18BrN2O5P. The number of nitrogens with zero attached hydrogens (tertiary/aromatic N) is 1. The summed E-state index contributed by atoms with van der Waals surface area (Å²) in [5, 5.41) is 14.0. The average molecular weight is 441 g/mol. The zero-order valence-electron chi connectivity index (χ0n) is 14.0. The number of nitrogens with one attached hydrogen (secondary N) is 1. The van der Waals surface area contributed by atoms with Crippen LogP contribution in [0.5, 0.6) is 0 Å². The molecule has 1 N–H and O–H groups in total. The molecule has 1 saturated heterocycles. The van der Waals surface area contributed by atoms with E-state index in [1.54, 1.807) is 12.1 Å². The van der Waals surface area contributed by atoms with E-state index in [9.17, 15) is 14.7 Å². The van der Waals surface area contributed by atoms with E-state index >= 15 is 0 Å². The van der Waals surface area contributed by atoms with Crippen LogP contribution < -0.4 is 5.32 Å². The van der Waals surface area contributed by atoms with E-state index in [1.165, 1.54) is 12.1 Å². The standard InChI is InChI=1S/C17H18BrN2O5P/c1-12-10-11-24-26(23,25-12)17(13-2-4-14(18)5-3-13)19-15-6-8-16(9-7-15)20(21)22/h2-9,12,17,19H,10-11H2,1H3/t12-,17-,26-/m0/s1. The SMILES string of the molecule is C[C@H]1CCO[P@@](=O)([C@H](Nc2ccc([N+](=O)[O-])cc2)c2ccc(Br)cc2)O1. The van der Waals surface area contributed by atoms with E-state index in [1.807, 2.05) is 31.2 Å². The Morgan fingerprint density at radius 3 is 2.46 bits per heavy atom. The maximum atomic E-state index is 13.4. The molecule has 0 saturated carbocycles. The monoisotopic (exact) mass is 440 g/mol. The average Bonchev–Trinajstić information content (AvgIpc) is 2.61. The Morgan fingerprint density at radius 1 is 1.23 bits per heavy atom. The Hall–Kier alpha value is -1.73. The number of non-ortho nitro benzene ring substituents is 1. The van der Waals surface area contributed by atoms with E-state index in [-0.39, 0.29) is 11.8 Å². The van der Waals surface area contributed by atoms with Crippen molar-refractivity contribution >= 4 is 34.9 Å². The van der Waals surface area contributed by atoms with Gasteiger partial charge in [0.1, 0.15) is 0 Å². The van der Waals surface area contributed by atoms with Gasteiger partial charge in [0, 0.05) is 22.3 Å². The summed E-state index contributed by atoms with van der Waals surface area (Å²) in [4.78, 5) is 10.4. The lowest BCUT2D eigenvalue weighted by molar-refractivity contribution is -0.384. The molecule has 7 nitrogen and oxygen atoms in total. The van der Waals surface area contributed by atoms with Gasteiger partial charge in [0.15, 0.2) is 5.78 Å². The van der Waals surface area contributed by atoms with E-state index in [4.69, 9.17) is 9.05 Å². The van der Waals surface area contributed by atoms with Crippen LogP contribution in [-0.4, -0.2) is 17.6 Å². The summed E-state index contributed by atoms with van der Waals surface area (Å²) in [6.07, 6.45) is 0.500. The van der Waals surface area contributed by atoms with Gasteiger partial charge in [0.25, 0.3) is 5.69 Å². The zero-order chi connectivity index (χ0) is 18.7. The van der Waals surface area contributed by atoms with Crippen LogP contribution in [0, 0.1) is 10.1 Å². The lowest BCUT2D eigenvalue weighted by Gasteiger charge is -2.34. The van der Waals surface area contributed by atoms with Gasteiger partial charge in [-0.1, -0.05) is 28.1 Å². The summed E-state index contributed by atoms with van der Waals surface area (Å²) >= 11 is 3.39. The molecule has 26 heavy (non-hydrogen) atoms. The number of nitro benzene ring substituents is 1. The van der Waals surface area contributed by atoms with Crippen molar-refractivity contribution in [3.63, 3.8) is 0 Å². The molecule has 0 amide bonds. The molecule has 1 aliphatic rings. The van der Waals surface area contributed by atoms with Crippen LogP contribution in [0.1, 0.15) is 24.7 Å². The van der Waals surface area contributed by atoms with Crippen LogP contribution in [0.25, 0.3) is 0 Å². The highest BCUT2D eigenvalue weighted by Crippen LogP contribution is 2.63. The molecule has 0 aromatic heterocycles. The third-order valence-corrected chi connectivity index (χ3v) is 6.79. The van der Waals surface area contributed by atoms with Gasteiger partial charge >= 0.3 is 7.60 Å². The van der Waals surface area contributed by atoms with Gasteiger partial charge in [-0.15, -0.1) is 0 Å². The Morgan fingerprint density at radius 2 is 1.88 bits per heavy atom. The molecule has 0 radical (unpaired) electrons. The summed E-state index contributed by atoms with van der Waals surface area (Å²) in [7, 11) is -3.47. The molecule has 138 valence electrons. The smallest absolute Gasteiger partial charge is 0.357 e. The van der Waals surface area contributed by atoms with Crippen LogP contribution in [-0.2, 0) is 13.6 Å². The molecule has 3 atom stereocenters. The first-order chi connectivity index (χ1) is 12.4. The molecule has 0 spiro atoms. The minimum atomic E-state index is -3.47. The quantitative estimate of drug-likeness (QED) is 0.375. The van der Waals surface area contributed by atoms with Crippen LogP contribution in [0.4, 0.5) is 11.4 Å². The number of anilines is 1. The van der Waals surface area contributed by atoms with Crippen LogP contribution in [0.15, 0.2) is 53.0 Å². The van der Waals surface area contributed by atoms with Crippen LogP contribution in [0.2, 0.25) is 0 Å². The van der Waals surface area contributed by atoms with Crippen molar-refractivity contribution in [3.8, 4) is 0 Å². The molecule has 2 aromatic carbocycles. The van der Waals surface area contributed by atoms with Crippen molar-refractivity contribution in [1.82, 2.24) is 0 Å².